The molecule has 0 aromatic heterocycles. The maximum atomic E-state index is 12.6. The van der Waals surface area contributed by atoms with Gasteiger partial charge < -0.3 is 10.2 Å². The normalized spacial score (nSPS) is 12.1. The van der Waals surface area contributed by atoms with E-state index in [1.807, 2.05) is 0 Å². The van der Waals surface area contributed by atoms with Crippen LogP contribution >= 0.6 is 11.6 Å². The molecule has 0 bridgehead atoms. The van der Waals surface area contributed by atoms with Crippen molar-refractivity contribution in [3.63, 3.8) is 0 Å². The molecule has 1 aromatic carbocycles. The average molecular weight is 336 g/mol. The van der Waals surface area contributed by atoms with Gasteiger partial charge in [-0.1, -0.05) is 11.6 Å². The average Bonchev–Trinajstić information content (AvgIpc) is 2.38. The molecule has 0 atom stereocenters. The number of aliphatic hydroxyl groups is 1. The fraction of sp³-hybridized carbons (Fsp3) is 0.462. The Morgan fingerprint density at radius 3 is 2.48 bits per heavy atom. The number of hydrogen-bond donors (Lipinski definition) is 2. The maximum Gasteiger partial charge on any atom is 0.335 e. The van der Waals surface area contributed by atoms with Crippen LogP contribution in [0.2, 0.25) is 5.02 Å². The van der Waals surface area contributed by atoms with Crippen molar-refractivity contribution in [1.29, 1.82) is 0 Å². The lowest BCUT2D eigenvalue weighted by molar-refractivity contribution is 0.0696. The summed E-state index contributed by atoms with van der Waals surface area (Å²) in [4.78, 5) is 10.7. The summed E-state index contributed by atoms with van der Waals surface area (Å²) >= 11 is 5.92. The zero-order valence-electron chi connectivity index (χ0n) is 11.8. The molecule has 0 heterocycles. The molecule has 0 radical (unpaired) electrons. The molecular formula is C13H18ClNO5S. The molecule has 118 valence electrons. The minimum absolute atomic E-state index is 0.0327. The van der Waals surface area contributed by atoms with Crippen LogP contribution in [0, 0.1) is 0 Å². The predicted octanol–water partition coefficient (Wildman–Crippen LogP) is 1.82. The van der Waals surface area contributed by atoms with E-state index in [1.54, 1.807) is 13.8 Å². The van der Waals surface area contributed by atoms with Crippen LogP contribution in [0.25, 0.3) is 0 Å². The number of carboxylic acid groups (broad SMARTS) is 1. The fourth-order valence-corrected chi connectivity index (χ4v) is 4.02. The van der Waals surface area contributed by atoms with E-state index in [2.05, 4.69) is 0 Å². The summed E-state index contributed by atoms with van der Waals surface area (Å²) in [5, 5.41) is 17.8. The number of hydrogen-bond acceptors (Lipinski definition) is 4. The third-order valence-electron chi connectivity index (χ3n) is 2.88. The van der Waals surface area contributed by atoms with Crippen LogP contribution in [0.15, 0.2) is 23.1 Å². The molecule has 0 amide bonds. The molecule has 0 saturated carbocycles. The van der Waals surface area contributed by atoms with Crippen molar-refractivity contribution in [2.24, 2.45) is 0 Å². The van der Waals surface area contributed by atoms with Crippen LogP contribution in [-0.4, -0.2) is 48.1 Å². The maximum absolute atomic E-state index is 12.6. The van der Waals surface area contributed by atoms with Gasteiger partial charge in [-0.3, -0.25) is 0 Å². The Kier molecular flexibility index (Phi) is 6.15. The Labute approximate surface area is 129 Å². The molecule has 0 aliphatic heterocycles. The zero-order valence-corrected chi connectivity index (χ0v) is 13.4. The monoisotopic (exact) mass is 335 g/mol. The van der Waals surface area contributed by atoms with Gasteiger partial charge in [0, 0.05) is 19.2 Å². The fourth-order valence-electron chi connectivity index (χ4n) is 1.84. The third kappa shape index (κ3) is 4.16. The Bertz CT molecular complexity index is 615. The molecule has 2 N–H and O–H groups in total. The predicted molar refractivity (Wildman–Crippen MR) is 79.1 cm³/mol. The lowest BCUT2D eigenvalue weighted by Gasteiger charge is -2.26. The highest BCUT2D eigenvalue weighted by Gasteiger charge is 2.29. The van der Waals surface area contributed by atoms with E-state index < -0.39 is 16.0 Å². The second-order valence-electron chi connectivity index (χ2n) is 4.74. The largest absolute Gasteiger partial charge is 0.478 e. The summed E-state index contributed by atoms with van der Waals surface area (Å²) in [6.07, 6.45) is 0.285. The number of nitrogens with zero attached hydrogens (tertiary/aromatic N) is 1. The summed E-state index contributed by atoms with van der Waals surface area (Å²) in [5.41, 5.74) is -0.149. The summed E-state index contributed by atoms with van der Waals surface area (Å²) < 4.78 is 26.5. The van der Waals surface area contributed by atoms with Gasteiger partial charge in [-0.25, -0.2) is 13.2 Å². The molecule has 6 nitrogen and oxygen atoms in total. The first-order chi connectivity index (χ1) is 9.71. The lowest BCUT2D eigenvalue weighted by Crippen LogP contribution is -2.38. The molecule has 8 heteroatoms. The van der Waals surface area contributed by atoms with E-state index in [-0.39, 0.29) is 41.1 Å². The van der Waals surface area contributed by atoms with Gasteiger partial charge in [-0.2, -0.15) is 4.31 Å². The van der Waals surface area contributed by atoms with Crippen molar-refractivity contribution in [2.75, 3.05) is 13.2 Å². The van der Waals surface area contributed by atoms with E-state index in [1.165, 1.54) is 16.4 Å². The number of carboxylic acids is 1. The Balaban J connectivity index is 3.33. The molecular weight excluding hydrogens is 318 g/mol. The van der Waals surface area contributed by atoms with Crippen LogP contribution in [0.4, 0.5) is 0 Å². The number of sulfonamides is 1. The lowest BCUT2D eigenvalue weighted by atomic mass is 10.2. The van der Waals surface area contributed by atoms with Crippen LogP contribution in [0.3, 0.4) is 0 Å². The van der Waals surface area contributed by atoms with Gasteiger partial charge in [0.2, 0.25) is 10.0 Å². The van der Waals surface area contributed by atoms with Gasteiger partial charge in [0.15, 0.2) is 0 Å². The first-order valence-corrected chi connectivity index (χ1v) is 8.19. The molecule has 21 heavy (non-hydrogen) atoms. The number of benzene rings is 1. The molecule has 0 saturated heterocycles. The van der Waals surface area contributed by atoms with Gasteiger partial charge in [0.25, 0.3) is 0 Å². The number of halogens is 1. The SMILES string of the molecule is CC(C)N(CCCO)S(=O)(=O)c1cc(C(=O)O)ccc1Cl. The van der Waals surface area contributed by atoms with Crippen LogP contribution in [0.1, 0.15) is 30.6 Å². The highest BCUT2D eigenvalue weighted by atomic mass is 35.5. The van der Waals surface area contributed by atoms with E-state index in [9.17, 15) is 13.2 Å². The van der Waals surface area contributed by atoms with Crippen LogP contribution in [0.5, 0.6) is 0 Å². The van der Waals surface area contributed by atoms with Crippen LogP contribution < -0.4 is 0 Å². The summed E-state index contributed by atoms with van der Waals surface area (Å²) in [6, 6.07) is 3.21. The van der Waals surface area contributed by atoms with Crippen molar-refractivity contribution in [1.82, 2.24) is 4.31 Å². The second kappa shape index (κ2) is 7.22. The number of rotatable bonds is 7. The number of aliphatic hydroxyl groups excluding tert-OH is 1. The topological polar surface area (TPSA) is 94.9 Å². The third-order valence-corrected chi connectivity index (χ3v) is 5.43. The molecule has 0 aliphatic carbocycles. The van der Waals surface area contributed by atoms with Gasteiger partial charge in [-0.15, -0.1) is 0 Å². The van der Waals surface area contributed by atoms with Gasteiger partial charge >= 0.3 is 5.97 Å². The molecule has 0 unspecified atom stereocenters. The summed E-state index contributed by atoms with van der Waals surface area (Å²) in [6.45, 7) is 3.39. The molecule has 1 rings (SSSR count). The smallest absolute Gasteiger partial charge is 0.335 e. The van der Waals surface area contributed by atoms with Gasteiger partial charge in [-0.05, 0) is 38.5 Å². The van der Waals surface area contributed by atoms with Gasteiger partial charge in [0.1, 0.15) is 4.90 Å². The first kappa shape index (κ1) is 17.9. The van der Waals surface area contributed by atoms with Gasteiger partial charge in [0.05, 0.1) is 10.6 Å². The van der Waals surface area contributed by atoms with Crippen molar-refractivity contribution in [3.05, 3.63) is 28.8 Å². The minimum atomic E-state index is -3.93. The van der Waals surface area contributed by atoms with E-state index in [0.717, 1.165) is 6.07 Å². The molecule has 0 aliphatic rings. The van der Waals surface area contributed by atoms with Crippen LogP contribution in [-0.2, 0) is 10.0 Å². The Hall–Kier alpha value is -1.15. The van der Waals surface area contributed by atoms with E-state index in [4.69, 9.17) is 21.8 Å². The molecule has 0 spiro atoms. The highest BCUT2D eigenvalue weighted by molar-refractivity contribution is 7.89. The number of aromatic carboxylic acids is 1. The van der Waals surface area contributed by atoms with Crippen molar-refractivity contribution < 1.29 is 23.4 Å². The van der Waals surface area contributed by atoms with E-state index >= 15 is 0 Å². The van der Waals surface area contributed by atoms with Crippen molar-refractivity contribution >= 4 is 27.6 Å². The number of carbonyl (C=O) groups is 1. The van der Waals surface area contributed by atoms with Crippen molar-refractivity contribution in [3.8, 4) is 0 Å². The Morgan fingerprint density at radius 2 is 2.00 bits per heavy atom. The summed E-state index contributed by atoms with van der Waals surface area (Å²) in [7, 11) is -3.93. The second-order valence-corrected chi connectivity index (χ2v) is 7.00. The first-order valence-electron chi connectivity index (χ1n) is 6.37. The quantitative estimate of drug-likeness (QED) is 0.792. The zero-order chi connectivity index (χ0) is 16.2. The highest BCUT2D eigenvalue weighted by Crippen LogP contribution is 2.27. The van der Waals surface area contributed by atoms with E-state index in [0.29, 0.717) is 0 Å². The molecule has 0 fully saturated rings. The van der Waals surface area contributed by atoms with Crippen molar-refractivity contribution in [2.45, 2.75) is 31.2 Å². The minimum Gasteiger partial charge on any atom is -0.478 e. The standard InChI is InChI=1S/C13H18ClNO5S/c1-9(2)15(6-3-7-16)21(19,20)12-8-10(13(17)18)4-5-11(12)14/h4-5,8-9,16H,3,6-7H2,1-2H3,(H,17,18). The molecule has 1 aromatic rings. The summed E-state index contributed by atoms with van der Waals surface area (Å²) in [5.74, 6) is -1.23. The Morgan fingerprint density at radius 1 is 1.38 bits per heavy atom.